The summed E-state index contributed by atoms with van der Waals surface area (Å²) in [6.07, 6.45) is 1.94. The molecule has 16 rings (SSSR count). The molecule has 0 fully saturated rings. The van der Waals surface area contributed by atoms with E-state index < -0.39 is 0 Å². The van der Waals surface area contributed by atoms with Crippen molar-refractivity contribution in [3.05, 3.63) is 243 Å². The van der Waals surface area contributed by atoms with E-state index in [0.717, 1.165) is 111 Å². The quantitative estimate of drug-likeness (QED) is 0.158. The van der Waals surface area contributed by atoms with Gasteiger partial charge in [0.25, 0.3) is 0 Å². The molecule has 6 heterocycles. The van der Waals surface area contributed by atoms with Crippen LogP contribution in [0.2, 0.25) is 0 Å². The fourth-order valence-electron chi connectivity index (χ4n) is 11.5. The zero-order valence-corrected chi connectivity index (χ0v) is 40.6. The Kier molecular flexibility index (Phi) is 9.17. The standard InChI is InChI=1S/C68H40N6O2/c1-5-17-41(18-6-1)66-70-67(42-19-7-2-8-20-42)72-68(71-66)56-33-45(43-29-31-50-54-36-52-48-25-13-15-27-57(48)73(46-21-9-3-10-22-46)59(52)38-63(54)75-61(50)34-43)40-69-65(56)44-30-32-51-55-37-53-49-26-14-16-28-58(49)74(47-23-11-4-12-24-47)60(53)39-64(55)76-62(51)35-44/h1-40H. The molecule has 0 aliphatic carbocycles. The van der Waals surface area contributed by atoms with Gasteiger partial charge in [-0.05, 0) is 84.4 Å². The highest BCUT2D eigenvalue weighted by atomic mass is 16.3. The van der Waals surface area contributed by atoms with Crippen LogP contribution in [0.5, 0.6) is 0 Å². The molecule has 6 aromatic heterocycles. The first-order valence-electron chi connectivity index (χ1n) is 25.4. The minimum atomic E-state index is 0.500. The lowest BCUT2D eigenvalue weighted by atomic mass is 9.98. The third-order valence-electron chi connectivity index (χ3n) is 15.0. The van der Waals surface area contributed by atoms with Crippen molar-refractivity contribution >= 4 is 87.5 Å². The molecule has 0 bridgehead atoms. The van der Waals surface area contributed by atoms with Crippen molar-refractivity contribution in [1.29, 1.82) is 0 Å². The third-order valence-corrected chi connectivity index (χ3v) is 15.0. The average molecular weight is 973 g/mol. The highest BCUT2D eigenvalue weighted by Gasteiger charge is 2.22. The molecule has 76 heavy (non-hydrogen) atoms. The van der Waals surface area contributed by atoms with Gasteiger partial charge in [0.2, 0.25) is 0 Å². The molecule has 8 heteroatoms. The first-order chi connectivity index (χ1) is 37.6. The Morgan fingerprint density at radius 3 is 1.24 bits per heavy atom. The molecule has 10 aromatic carbocycles. The maximum atomic E-state index is 6.84. The van der Waals surface area contributed by atoms with Gasteiger partial charge < -0.3 is 18.0 Å². The van der Waals surface area contributed by atoms with E-state index in [1.54, 1.807) is 0 Å². The van der Waals surface area contributed by atoms with Crippen LogP contribution in [0, 0.1) is 0 Å². The average Bonchev–Trinajstić information content (AvgIpc) is 4.28. The molecule has 0 saturated heterocycles. The van der Waals surface area contributed by atoms with Gasteiger partial charge in [-0.2, -0.15) is 0 Å². The van der Waals surface area contributed by atoms with Crippen LogP contribution in [0.1, 0.15) is 0 Å². The summed E-state index contributed by atoms with van der Waals surface area (Å²) in [6.45, 7) is 0. The maximum Gasteiger partial charge on any atom is 0.166 e. The minimum absolute atomic E-state index is 0.500. The molecule has 0 atom stereocenters. The number of rotatable bonds is 7. The van der Waals surface area contributed by atoms with Crippen molar-refractivity contribution < 1.29 is 8.83 Å². The molecule has 0 amide bonds. The largest absolute Gasteiger partial charge is 0.456 e. The Morgan fingerprint density at radius 1 is 0.276 bits per heavy atom. The number of nitrogens with zero attached hydrogens (tertiary/aromatic N) is 6. The SMILES string of the molecule is c1ccc(-c2nc(-c3ccccc3)nc(-c3cc(-c4ccc5c(c4)oc4cc6c(cc45)c4ccccc4n6-c4ccccc4)cnc3-c3ccc4c(c3)oc3cc5c(cc34)c3ccccc3n5-c3ccccc3)n2)cc1. The lowest BCUT2D eigenvalue weighted by Gasteiger charge is -2.13. The van der Waals surface area contributed by atoms with Crippen molar-refractivity contribution in [2.24, 2.45) is 0 Å². The molecule has 0 aliphatic rings. The second kappa shape index (κ2) is 16.5. The summed E-state index contributed by atoms with van der Waals surface area (Å²) < 4.78 is 18.3. The summed E-state index contributed by atoms with van der Waals surface area (Å²) in [4.78, 5) is 20.9. The monoisotopic (exact) mass is 972 g/mol. The van der Waals surface area contributed by atoms with Gasteiger partial charge in [0.05, 0.1) is 27.8 Å². The number of hydrogen-bond donors (Lipinski definition) is 0. The number of pyridine rings is 1. The normalized spacial score (nSPS) is 11.9. The van der Waals surface area contributed by atoms with Gasteiger partial charge in [0.1, 0.15) is 22.3 Å². The van der Waals surface area contributed by atoms with Gasteiger partial charge in [0, 0.05) is 101 Å². The first-order valence-corrected chi connectivity index (χ1v) is 25.4. The third kappa shape index (κ3) is 6.57. The van der Waals surface area contributed by atoms with E-state index in [9.17, 15) is 0 Å². The second-order valence-corrected chi connectivity index (χ2v) is 19.4. The van der Waals surface area contributed by atoms with E-state index in [-0.39, 0.29) is 0 Å². The van der Waals surface area contributed by atoms with Crippen LogP contribution in [-0.4, -0.2) is 29.1 Å². The Morgan fingerprint density at radius 2 is 0.711 bits per heavy atom. The number of fused-ring (bicyclic) bond motifs is 12. The Labute approximate surface area is 434 Å². The van der Waals surface area contributed by atoms with E-state index in [2.05, 4.69) is 185 Å². The molecule has 0 N–H and O–H groups in total. The highest BCUT2D eigenvalue weighted by molar-refractivity contribution is 6.19. The lowest BCUT2D eigenvalue weighted by Crippen LogP contribution is -2.02. The highest BCUT2D eigenvalue weighted by Crippen LogP contribution is 2.43. The first kappa shape index (κ1) is 42.1. The van der Waals surface area contributed by atoms with Crippen molar-refractivity contribution in [3.8, 4) is 67.9 Å². The topological polar surface area (TPSA) is 87.7 Å². The smallest absolute Gasteiger partial charge is 0.166 e. The zero-order valence-electron chi connectivity index (χ0n) is 40.6. The Bertz CT molecular complexity index is 4920. The Balaban J connectivity index is 0.877. The number of furan rings is 2. The predicted molar refractivity (Wildman–Crippen MR) is 308 cm³/mol. The molecule has 0 radical (unpaired) electrons. The van der Waals surface area contributed by atoms with E-state index in [1.807, 2.05) is 66.9 Å². The van der Waals surface area contributed by atoms with Crippen molar-refractivity contribution in [1.82, 2.24) is 29.1 Å². The van der Waals surface area contributed by atoms with Crippen LogP contribution < -0.4 is 0 Å². The van der Waals surface area contributed by atoms with Gasteiger partial charge in [-0.1, -0.05) is 146 Å². The molecule has 0 aliphatic heterocycles. The molecule has 0 saturated carbocycles. The van der Waals surface area contributed by atoms with Gasteiger partial charge in [-0.15, -0.1) is 0 Å². The van der Waals surface area contributed by atoms with Crippen LogP contribution >= 0.6 is 0 Å². The van der Waals surface area contributed by atoms with Crippen LogP contribution in [0.4, 0.5) is 0 Å². The van der Waals surface area contributed by atoms with E-state index >= 15 is 0 Å². The molecule has 0 spiro atoms. The van der Waals surface area contributed by atoms with E-state index in [4.69, 9.17) is 28.8 Å². The summed E-state index contributed by atoms with van der Waals surface area (Å²) in [7, 11) is 0. The van der Waals surface area contributed by atoms with Gasteiger partial charge >= 0.3 is 0 Å². The summed E-state index contributed by atoms with van der Waals surface area (Å²) in [5.74, 6) is 1.63. The summed E-state index contributed by atoms with van der Waals surface area (Å²) in [6, 6.07) is 82.2. The van der Waals surface area contributed by atoms with Gasteiger partial charge in [-0.25, -0.2) is 15.0 Å². The molecular formula is C68H40N6O2. The van der Waals surface area contributed by atoms with E-state index in [1.165, 1.54) is 21.5 Å². The molecular weight excluding hydrogens is 933 g/mol. The van der Waals surface area contributed by atoms with Gasteiger partial charge in [-0.3, -0.25) is 4.98 Å². The van der Waals surface area contributed by atoms with Gasteiger partial charge in [0.15, 0.2) is 17.5 Å². The maximum absolute atomic E-state index is 6.84. The summed E-state index contributed by atoms with van der Waals surface area (Å²) >= 11 is 0. The molecule has 354 valence electrons. The second-order valence-electron chi connectivity index (χ2n) is 19.4. The van der Waals surface area contributed by atoms with Crippen LogP contribution in [0.15, 0.2) is 252 Å². The summed E-state index contributed by atoms with van der Waals surface area (Å²) in [5.41, 5.74) is 15.8. The van der Waals surface area contributed by atoms with Crippen LogP contribution in [-0.2, 0) is 0 Å². The number of benzene rings is 10. The zero-order chi connectivity index (χ0) is 49.8. The Hall–Kier alpha value is -10.4. The summed E-state index contributed by atoms with van der Waals surface area (Å²) in [5, 5.41) is 8.91. The van der Waals surface area contributed by atoms with Crippen molar-refractivity contribution in [2.75, 3.05) is 0 Å². The van der Waals surface area contributed by atoms with Crippen molar-refractivity contribution in [3.63, 3.8) is 0 Å². The minimum Gasteiger partial charge on any atom is -0.456 e. The molecule has 8 nitrogen and oxygen atoms in total. The predicted octanol–water partition coefficient (Wildman–Crippen LogP) is 17.6. The number of para-hydroxylation sites is 4. The van der Waals surface area contributed by atoms with Crippen molar-refractivity contribution in [2.45, 2.75) is 0 Å². The fourth-order valence-corrected chi connectivity index (χ4v) is 11.5. The van der Waals surface area contributed by atoms with Crippen LogP contribution in [0.25, 0.3) is 155 Å². The molecule has 0 unspecified atom stereocenters. The lowest BCUT2D eigenvalue weighted by molar-refractivity contribution is 0.669. The fraction of sp³-hybridized carbons (Fsp3) is 0. The number of aromatic nitrogens is 6. The molecule has 16 aromatic rings. The van der Waals surface area contributed by atoms with Crippen LogP contribution in [0.3, 0.4) is 0 Å². The number of hydrogen-bond acceptors (Lipinski definition) is 6. The van der Waals surface area contributed by atoms with E-state index in [0.29, 0.717) is 23.2 Å².